The van der Waals surface area contributed by atoms with E-state index in [0.717, 1.165) is 16.5 Å². The molecule has 0 saturated heterocycles. The summed E-state index contributed by atoms with van der Waals surface area (Å²) in [4.78, 5) is 55.5. The van der Waals surface area contributed by atoms with Crippen LogP contribution >= 0.6 is 0 Å². The molecule has 3 aromatic carbocycles. The van der Waals surface area contributed by atoms with Gasteiger partial charge in [0, 0.05) is 29.9 Å². The summed E-state index contributed by atoms with van der Waals surface area (Å²) in [7, 11) is 0. The number of carbonyl (C=O) groups excluding carboxylic acids is 3. The molecule has 4 unspecified atom stereocenters. The van der Waals surface area contributed by atoms with E-state index < -0.39 is 47.9 Å². The average molecular weight is 630 g/mol. The van der Waals surface area contributed by atoms with Crippen molar-refractivity contribution in [2.75, 3.05) is 0 Å². The highest BCUT2D eigenvalue weighted by Crippen LogP contribution is 2.19. The van der Waals surface area contributed by atoms with Gasteiger partial charge in [-0.05, 0) is 59.4 Å². The SMILES string of the molecule is CC(C)C(NC(=O)C(N)Cc1c[nH]c2ccccc12)C(=O)NC(Cc1ccc(O)cc1)C(=O)NC(Cc1ccc(O)cc1)C(=O)O. The Morgan fingerprint density at radius 3 is 1.83 bits per heavy atom. The van der Waals surface area contributed by atoms with Crippen LogP contribution in [0.15, 0.2) is 79.0 Å². The fourth-order valence-electron chi connectivity index (χ4n) is 5.10. The lowest BCUT2D eigenvalue weighted by Gasteiger charge is -2.27. The van der Waals surface area contributed by atoms with Crippen LogP contribution in [0.3, 0.4) is 0 Å². The number of carbonyl (C=O) groups is 4. The normalized spacial score (nSPS) is 13.8. The molecule has 12 heteroatoms. The number of aromatic amines is 1. The zero-order chi connectivity index (χ0) is 33.4. The zero-order valence-electron chi connectivity index (χ0n) is 25.6. The average Bonchev–Trinajstić information content (AvgIpc) is 3.43. The van der Waals surface area contributed by atoms with Gasteiger partial charge in [-0.1, -0.05) is 56.3 Å². The van der Waals surface area contributed by atoms with Gasteiger partial charge >= 0.3 is 5.97 Å². The molecule has 1 aromatic heterocycles. The van der Waals surface area contributed by atoms with Gasteiger partial charge in [-0.25, -0.2) is 4.79 Å². The molecule has 3 amide bonds. The van der Waals surface area contributed by atoms with E-state index in [4.69, 9.17) is 5.73 Å². The van der Waals surface area contributed by atoms with E-state index in [1.165, 1.54) is 24.3 Å². The highest BCUT2D eigenvalue weighted by atomic mass is 16.4. The highest BCUT2D eigenvalue weighted by molar-refractivity contribution is 5.94. The Morgan fingerprint density at radius 2 is 1.26 bits per heavy atom. The molecule has 9 N–H and O–H groups in total. The van der Waals surface area contributed by atoms with Crippen molar-refractivity contribution in [3.05, 3.63) is 95.7 Å². The number of carboxylic acids is 1. The fraction of sp³-hybridized carbons (Fsp3) is 0.294. The fourth-order valence-corrected chi connectivity index (χ4v) is 5.10. The maximum atomic E-state index is 13.6. The van der Waals surface area contributed by atoms with Crippen LogP contribution in [0.4, 0.5) is 0 Å². The van der Waals surface area contributed by atoms with Crippen LogP contribution in [0.1, 0.15) is 30.5 Å². The van der Waals surface area contributed by atoms with Crippen LogP contribution < -0.4 is 21.7 Å². The van der Waals surface area contributed by atoms with Crippen molar-refractivity contribution in [3.63, 3.8) is 0 Å². The Labute approximate surface area is 266 Å². The maximum absolute atomic E-state index is 13.6. The van der Waals surface area contributed by atoms with Crippen LogP contribution in [0.2, 0.25) is 0 Å². The summed E-state index contributed by atoms with van der Waals surface area (Å²) in [6.07, 6.45) is 1.93. The molecule has 1 heterocycles. The lowest BCUT2D eigenvalue weighted by atomic mass is 9.99. The summed E-state index contributed by atoms with van der Waals surface area (Å²) < 4.78 is 0. The van der Waals surface area contributed by atoms with Gasteiger partial charge in [0.15, 0.2) is 0 Å². The predicted octanol–water partition coefficient (Wildman–Crippen LogP) is 2.13. The van der Waals surface area contributed by atoms with Gasteiger partial charge < -0.3 is 42.0 Å². The van der Waals surface area contributed by atoms with Gasteiger partial charge in [0.2, 0.25) is 17.7 Å². The number of fused-ring (bicyclic) bond motifs is 1. The first-order chi connectivity index (χ1) is 21.9. The molecular formula is C34H39N5O7. The zero-order valence-corrected chi connectivity index (χ0v) is 25.6. The number of aromatic hydroxyl groups is 2. The Balaban J connectivity index is 1.48. The van der Waals surface area contributed by atoms with Crippen LogP contribution in [0, 0.1) is 5.92 Å². The summed E-state index contributed by atoms with van der Waals surface area (Å²) in [5.41, 5.74) is 9.18. The monoisotopic (exact) mass is 629 g/mol. The molecule has 0 fully saturated rings. The molecule has 0 aliphatic rings. The van der Waals surface area contributed by atoms with E-state index in [1.807, 2.05) is 24.3 Å². The third-order valence-corrected chi connectivity index (χ3v) is 7.70. The van der Waals surface area contributed by atoms with E-state index in [-0.39, 0.29) is 36.7 Å². The van der Waals surface area contributed by atoms with Crippen LogP contribution in [0.5, 0.6) is 11.5 Å². The van der Waals surface area contributed by atoms with E-state index in [1.54, 1.807) is 44.3 Å². The molecule has 4 aromatic rings. The molecule has 46 heavy (non-hydrogen) atoms. The summed E-state index contributed by atoms with van der Waals surface area (Å²) in [6, 6.07) is 15.0. The number of rotatable bonds is 14. The molecule has 4 rings (SSSR count). The van der Waals surface area contributed by atoms with Crippen LogP contribution in [-0.4, -0.2) is 68.2 Å². The van der Waals surface area contributed by atoms with Crippen molar-refractivity contribution in [1.82, 2.24) is 20.9 Å². The number of hydrogen-bond donors (Lipinski definition) is 8. The molecule has 0 saturated carbocycles. The minimum atomic E-state index is -1.33. The smallest absolute Gasteiger partial charge is 0.326 e. The standard InChI is InChI=1S/C34H39N5O7/c1-19(2)30(39-31(42)26(35)17-22-18-36-27-6-4-3-5-25(22)27)33(44)37-28(15-20-7-11-23(40)12-8-20)32(43)38-29(34(45)46)16-21-9-13-24(41)14-10-21/h3-14,18-19,26,28-30,36,40-41H,15-17,35H2,1-2H3,(H,37,44)(H,38,43)(H,39,42)(H,45,46). The number of carboxylic acid groups (broad SMARTS) is 1. The number of benzene rings is 3. The summed E-state index contributed by atoms with van der Waals surface area (Å²) in [5, 5.41) is 38.0. The van der Waals surface area contributed by atoms with Crippen molar-refractivity contribution in [2.45, 2.75) is 57.3 Å². The van der Waals surface area contributed by atoms with Gasteiger partial charge in [0.25, 0.3) is 0 Å². The number of nitrogens with two attached hydrogens (primary N) is 1. The van der Waals surface area contributed by atoms with Gasteiger partial charge in [-0.3, -0.25) is 14.4 Å². The summed E-state index contributed by atoms with van der Waals surface area (Å²) in [5.74, 6) is -3.58. The minimum Gasteiger partial charge on any atom is -0.508 e. The number of aliphatic carboxylic acids is 1. The lowest BCUT2D eigenvalue weighted by Crippen LogP contribution is -2.59. The number of H-pyrrole nitrogens is 1. The Bertz CT molecular complexity index is 1670. The Kier molecular flexibility index (Phi) is 11.0. The minimum absolute atomic E-state index is 0.0141. The van der Waals surface area contributed by atoms with E-state index in [9.17, 15) is 34.5 Å². The second-order valence-electron chi connectivity index (χ2n) is 11.6. The number of amides is 3. The predicted molar refractivity (Wildman–Crippen MR) is 172 cm³/mol. The molecule has 0 aliphatic heterocycles. The molecule has 0 spiro atoms. The quantitative estimate of drug-likeness (QED) is 0.103. The first-order valence-electron chi connectivity index (χ1n) is 14.9. The molecular weight excluding hydrogens is 590 g/mol. The lowest BCUT2D eigenvalue weighted by molar-refractivity contribution is -0.142. The summed E-state index contributed by atoms with van der Waals surface area (Å²) >= 11 is 0. The maximum Gasteiger partial charge on any atom is 0.326 e. The summed E-state index contributed by atoms with van der Waals surface area (Å²) in [6.45, 7) is 3.48. The second-order valence-corrected chi connectivity index (χ2v) is 11.6. The number of nitrogens with one attached hydrogen (secondary N) is 4. The van der Waals surface area contributed by atoms with Crippen molar-refractivity contribution in [1.29, 1.82) is 0 Å². The molecule has 12 nitrogen and oxygen atoms in total. The first-order valence-corrected chi connectivity index (χ1v) is 14.9. The largest absolute Gasteiger partial charge is 0.508 e. The number of phenolic OH excluding ortho intramolecular Hbond substituents is 2. The number of phenols is 2. The Morgan fingerprint density at radius 1 is 0.717 bits per heavy atom. The van der Waals surface area contributed by atoms with Crippen molar-refractivity contribution >= 4 is 34.6 Å². The third-order valence-electron chi connectivity index (χ3n) is 7.70. The van der Waals surface area contributed by atoms with Gasteiger partial charge in [0.1, 0.15) is 29.6 Å². The molecule has 242 valence electrons. The second kappa shape index (κ2) is 15.1. The van der Waals surface area contributed by atoms with E-state index >= 15 is 0 Å². The van der Waals surface area contributed by atoms with Crippen molar-refractivity contribution in [3.8, 4) is 11.5 Å². The number of hydrogen-bond acceptors (Lipinski definition) is 7. The number of aromatic nitrogens is 1. The molecule has 0 aliphatic carbocycles. The third kappa shape index (κ3) is 8.85. The van der Waals surface area contributed by atoms with Gasteiger partial charge in [-0.15, -0.1) is 0 Å². The van der Waals surface area contributed by atoms with Gasteiger partial charge in [-0.2, -0.15) is 0 Å². The molecule has 0 bridgehead atoms. The topological polar surface area (TPSA) is 207 Å². The highest BCUT2D eigenvalue weighted by Gasteiger charge is 2.32. The van der Waals surface area contributed by atoms with E-state index in [0.29, 0.717) is 11.1 Å². The Hall–Kier alpha value is -5.36. The molecule has 4 atom stereocenters. The number of para-hydroxylation sites is 1. The van der Waals surface area contributed by atoms with Crippen molar-refractivity contribution < 1.29 is 34.5 Å². The van der Waals surface area contributed by atoms with Crippen LogP contribution in [-0.2, 0) is 38.4 Å². The molecule has 0 radical (unpaired) electrons. The van der Waals surface area contributed by atoms with Crippen LogP contribution in [0.25, 0.3) is 10.9 Å². The van der Waals surface area contributed by atoms with Crippen molar-refractivity contribution in [2.24, 2.45) is 11.7 Å². The van der Waals surface area contributed by atoms with Gasteiger partial charge in [0.05, 0.1) is 6.04 Å². The van der Waals surface area contributed by atoms with E-state index in [2.05, 4.69) is 20.9 Å². The first kappa shape index (κ1) is 33.5.